The van der Waals surface area contributed by atoms with Crippen molar-refractivity contribution in [2.45, 2.75) is 130 Å². The van der Waals surface area contributed by atoms with E-state index in [4.69, 9.17) is 34.2 Å². The molecule has 0 fully saturated rings. The number of ether oxygens (including phenoxy) is 1. The lowest BCUT2D eigenvalue weighted by Gasteiger charge is -2.42. The van der Waals surface area contributed by atoms with Gasteiger partial charge >= 0.3 is 5.97 Å². The van der Waals surface area contributed by atoms with Gasteiger partial charge in [0.1, 0.15) is 23.9 Å². The molecular weight excluding hydrogens is 604 g/mol. The van der Waals surface area contributed by atoms with Crippen LogP contribution in [0.2, 0.25) is 0 Å². The van der Waals surface area contributed by atoms with Crippen LogP contribution in [0.5, 0.6) is 5.75 Å². The second kappa shape index (κ2) is 19.5. The topological polar surface area (TPSA) is 192 Å². The first-order valence-electron chi connectivity index (χ1n) is 16.5. The predicted molar refractivity (Wildman–Crippen MR) is 187 cm³/mol. The van der Waals surface area contributed by atoms with Gasteiger partial charge in [0.15, 0.2) is 0 Å². The Labute approximate surface area is 280 Å². The summed E-state index contributed by atoms with van der Waals surface area (Å²) in [7, 11) is 0. The zero-order valence-corrected chi connectivity index (χ0v) is 29.7. The molecule has 4 atom stereocenters. The Bertz CT molecular complexity index is 1160. The molecule has 1 rings (SSSR count). The molecule has 4 unspecified atom stereocenters. The van der Waals surface area contributed by atoms with Gasteiger partial charge in [-0.2, -0.15) is 0 Å². The molecule has 260 valence electrons. The molecule has 3 amide bonds. The number of carbonyl (C=O) groups excluding carboxylic acids is 4. The van der Waals surface area contributed by atoms with Gasteiger partial charge in [0.25, 0.3) is 0 Å². The summed E-state index contributed by atoms with van der Waals surface area (Å²) in [5.74, 6) is -1.50. The maximum atomic E-state index is 13.8. The van der Waals surface area contributed by atoms with E-state index in [0.29, 0.717) is 31.6 Å². The van der Waals surface area contributed by atoms with Crippen LogP contribution in [0.3, 0.4) is 0 Å². The van der Waals surface area contributed by atoms with Gasteiger partial charge in [-0.15, -0.1) is 0 Å². The van der Waals surface area contributed by atoms with Gasteiger partial charge in [0.2, 0.25) is 17.7 Å². The van der Waals surface area contributed by atoms with E-state index in [2.05, 4.69) is 16.0 Å². The van der Waals surface area contributed by atoms with E-state index in [0.717, 1.165) is 31.2 Å². The third-order valence-corrected chi connectivity index (χ3v) is 9.43. The summed E-state index contributed by atoms with van der Waals surface area (Å²) in [6, 6.07) is 4.14. The summed E-state index contributed by atoms with van der Waals surface area (Å²) in [5, 5.41) is 8.83. The smallest absolute Gasteiger partial charge is 0.328 e. The molecule has 0 spiro atoms. The van der Waals surface area contributed by atoms with E-state index in [-0.39, 0.29) is 35.6 Å². The molecule has 1 aromatic rings. The third kappa shape index (κ3) is 13.0. The Morgan fingerprint density at radius 2 is 1.57 bits per heavy atom. The van der Waals surface area contributed by atoms with Gasteiger partial charge in [-0.3, -0.25) is 14.4 Å². The number of rotatable bonds is 21. The van der Waals surface area contributed by atoms with Crippen LogP contribution in [-0.2, 0) is 25.6 Å². The summed E-state index contributed by atoms with van der Waals surface area (Å²) < 4.78 is 5.43. The molecule has 46 heavy (non-hydrogen) atoms. The normalized spacial score (nSPS) is 14.4. The number of carbonyl (C=O) groups is 4. The first-order chi connectivity index (χ1) is 21.5. The maximum absolute atomic E-state index is 13.8. The highest BCUT2D eigenvalue weighted by Crippen LogP contribution is 2.31. The molecule has 0 aliphatic rings. The number of amides is 3. The van der Waals surface area contributed by atoms with Crippen LogP contribution in [0.1, 0.15) is 105 Å². The number of esters is 1. The minimum absolute atomic E-state index is 0.160. The number of nitrogens with one attached hydrogen (secondary N) is 3. The van der Waals surface area contributed by atoms with E-state index in [1.165, 1.54) is 0 Å². The summed E-state index contributed by atoms with van der Waals surface area (Å²) >= 11 is 5.26. The second-order valence-electron chi connectivity index (χ2n) is 13.2. The van der Waals surface area contributed by atoms with E-state index < -0.39 is 41.0 Å². The molecule has 11 nitrogen and oxygen atoms in total. The SMILES string of the molecule is CCCCCC(=O)NC(Cc1ccc(OC(=O)C(N)CCCCN)cc1)C(=O)NC(C(=O)NC(C)(C)C(C)(C)C(N)=S)C(C)CC. The standard InChI is InChI=1S/C34H58N6O5S/c1-8-10-11-15-27(41)38-26(21-23-16-18-24(19-17-23)45-31(44)25(36)14-12-13-20-35)29(42)39-28(22(3)9-2)30(43)40-34(6,7)33(4,5)32(37)46/h16-19,22,25-26,28H,8-15,20-21,35-36H2,1-7H3,(H2,37,46)(H,38,41)(H,39,42)(H,40,43). The van der Waals surface area contributed by atoms with Crippen molar-refractivity contribution in [1.82, 2.24) is 16.0 Å². The number of thiocarbonyl (C=S) groups is 1. The molecule has 0 aliphatic heterocycles. The fraction of sp³-hybridized carbons (Fsp3) is 0.676. The second-order valence-corrected chi connectivity index (χ2v) is 13.7. The van der Waals surface area contributed by atoms with Crippen LogP contribution in [-0.4, -0.2) is 58.9 Å². The van der Waals surface area contributed by atoms with E-state index >= 15 is 0 Å². The molecule has 0 saturated heterocycles. The summed E-state index contributed by atoms with van der Waals surface area (Å²) in [5.41, 5.74) is 16.7. The zero-order chi connectivity index (χ0) is 35.1. The molecule has 0 aliphatic carbocycles. The van der Waals surface area contributed by atoms with Crippen molar-refractivity contribution in [3.63, 3.8) is 0 Å². The minimum atomic E-state index is -0.945. The van der Waals surface area contributed by atoms with Crippen molar-refractivity contribution in [3.8, 4) is 5.75 Å². The zero-order valence-electron chi connectivity index (χ0n) is 28.9. The van der Waals surface area contributed by atoms with Crippen LogP contribution in [0.4, 0.5) is 0 Å². The highest BCUT2D eigenvalue weighted by atomic mass is 32.1. The van der Waals surface area contributed by atoms with Gasteiger partial charge in [-0.05, 0) is 63.3 Å². The Kier molecular flexibility index (Phi) is 17.4. The van der Waals surface area contributed by atoms with Crippen molar-refractivity contribution in [2.24, 2.45) is 28.5 Å². The molecule has 0 saturated carbocycles. The Hall–Kier alpha value is -3.09. The number of nitrogens with two attached hydrogens (primary N) is 3. The fourth-order valence-corrected chi connectivity index (χ4v) is 4.82. The van der Waals surface area contributed by atoms with Crippen LogP contribution in [0.15, 0.2) is 24.3 Å². The third-order valence-electron chi connectivity index (χ3n) is 8.92. The Morgan fingerprint density at radius 1 is 0.935 bits per heavy atom. The van der Waals surface area contributed by atoms with Crippen LogP contribution in [0, 0.1) is 11.3 Å². The lowest BCUT2D eigenvalue weighted by Crippen LogP contribution is -2.63. The average Bonchev–Trinajstić information content (AvgIpc) is 2.99. The van der Waals surface area contributed by atoms with Gasteiger partial charge in [0, 0.05) is 23.8 Å². The van der Waals surface area contributed by atoms with E-state index in [9.17, 15) is 19.2 Å². The van der Waals surface area contributed by atoms with Crippen molar-refractivity contribution < 1.29 is 23.9 Å². The van der Waals surface area contributed by atoms with E-state index in [1.54, 1.807) is 24.3 Å². The average molecular weight is 663 g/mol. The minimum Gasteiger partial charge on any atom is -0.425 e. The lowest BCUT2D eigenvalue weighted by atomic mass is 9.74. The van der Waals surface area contributed by atoms with Crippen molar-refractivity contribution in [2.75, 3.05) is 6.54 Å². The van der Waals surface area contributed by atoms with Crippen molar-refractivity contribution in [3.05, 3.63) is 29.8 Å². The summed E-state index contributed by atoms with van der Waals surface area (Å²) in [6.45, 7) is 13.8. The number of hydrogen-bond acceptors (Lipinski definition) is 8. The van der Waals surface area contributed by atoms with E-state index in [1.807, 2.05) is 48.5 Å². The first kappa shape index (κ1) is 40.9. The molecule has 0 radical (unpaired) electrons. The molecule has 9 N–H and O–H groups in total. The fourth-order valence-electron chi connectivity index (χ4n) is 4.56. The van der Waals surface area contributed by atoms with Gasteiger partial charge in [-0.25, -0.2) is 4.79 Å². The maximum Gasteiger partial charge on any atom is 0.328 e. The molecule has 1 aromatic carbocycles. The molecule has 0 bridgehead atoms. The lowest BCUT2D eigenvalue weighted by molar-refractivity contribution is -0.136. The summed E-state index contributed by atoms with van der Waals surface area (Å²) in [6.07, 6.45) is 5.63. The largest absolute Gasteiger partial charge is 0.425 e. The number of benzene rings is 1. The highest BCUT2D eigenvalue weighted by Gasteiger charge is 2.42. The molecule has 0 heterocycles. The monoisotopic (exact) mass is 662 g/mol. The molecule has 12 heteroatoms. The Morgan fingerprint density at radius 3 is 2.11 bits per heavy atom. The Balaban J connectivity index is 3.17. The van der Waals surface area contributed by atoms with Crippen molar-refractivity contribution >= 4 is 40.9 Å². The number of hydrogen-bond donors (Lipinski definition) is 6. The van der Waals surface area contributed by atoms with Crippen LogP contribution < -0.4 is 37.9 Å². The number of unbranched alkanes of at least 4 members (excludes halogenated alkanes) is 3. The molecule has 0 aromatic heterocycles. The highest BCUT2D eigenvalue weighted by molar-refractivity contribution is 7.80. The van der Waals surface area contributed by atoms with Gasteiger partial charge in [0.05, 0.1) is 4.99 Å². The predicted octanol–water partition coefficient (Wildman–Crippen LogP) is 3.39. The van der Waals surface area contributed by atoms with Crippen molar-refractivity contribution in [1.29, 1.82) is 0 Å². The quantitative estimate of drug-likeness (QED) is 0.0496. The molecular formula is C34H58N6O5S. The van der Waals surface area contributed by atoms with Gasteiger partial charge < -0.3 is 37.9 Å². The van der Waals surface area contributed by atoms with Gasteiger partial charge in [-0.1, -0.05) is 84.7 Å². The first-order valence-corrected chi connectivity index (χ1v) is 16.9. The summed E-state index contributed by atoms with van der Waals surface area (Å²) in [4.78, 5) is 52.9. The van der Waals surface area contributed by atoms with Crippen LogP contribution >= 0.6 is 12.2 Å². The van der Waals surface area contributed by atoms with Crippen LogP contribution in [0.25, 0.3) is 0 Å².